The van der Waals surface area contributed by atoms with E-state index < -0.39 is 0 Å². The number of rotatable bonds is 5. The lowest BCUT2D eigenvalue weighted by molar-refractivity contribution is 0.353. The van der Waals surface area contributed by atoms with Crippen molar-refractivity contribution in [2.24, 2.45) is 7.05 Å². The van der Waals surface area contributed by atoms with Crippen molar-refractivity contribution < 1.29 is 18.9 Å². The van der Waals surface area contributed by atoms with E-state index in [4.69, 9.17) is 18.9 Å². The van der Waals surface area contributed by atoms with Crippen LogP contribution >= 0.6 is 0 Å². The van der Waals surface area contributed by atoms with Crippen molar-refractivity contribution in [1.82, 2.24) is 4.57 Å². The van der Waals surface area contributed by atoms with Gasteiger partial charge in [-0.15, -0.1) is 0 Å². The number of fused-ring (bicyclic) bond motifs is 5. The Kier molecular flexibility index (Phi) is 4.46. The smallest absolute Gasteiger partial charge is 0.262 e. The second-order valence-electron chi connectivity index (χ2n) is 7.94. The molecule has 1 fully saturated rings. The zero-order valence-electron chi connectivity index (χ0n) is 18.4. The third-order valence-corrected chi connectivity index (χ3v) is 6.35. The van der Waals surface area contributed by atoms with E-state index in [9.17, 15) is 4.79 Å². The molecule has 6 nitrogen and oxygen atoms in total. The van der Waals surface area contributed by atoms with E-state index in [2.05, 4.69) is 12.1 Å². The van der Waals surface area contributed by atoms with Crippen LogP contribution in [0.4, 0.5) is 0 Å². The van der Waals surface area contributed by atoms with Crippen LogP contribution in [0.2, 0.25) is 0 Å². The van der Waals surface area contributed by atoms with Gasteiger partial charge in [-0.3, -0.25) is 4.79 Å². The molecule has 3 aromatic carbocycles. The van der Waals surface area contributed by atoms with Crippen molar-refractivity contribution in [3.63, 3.8) is 0 Å². The van der Waals surface area contributed by atoms with Gasteiger partial charge in [-0.1, -0.05) is 12.1 Å². The fraction of sp³-hybridized carbons (Fsp3) is 0.320. The van der Waals surface area contributed by atoms with E-state index in [0.29, 0.717) is 28.6 Å². The van der Waals surface area contributed by atoms with Crippen molar-refractivity contribution in [2.45, 2.75) is 18.8 Å². The van der Waals surface area contributed by atoms with Crippen LogP contribution in [-0.4, -0.2) is 33.0 Å². The fourth-order valence-electron chi connectivity index (χ4n) is 4.79. The molecule has 1 heterocycles. The number of aromatic nitrogens is 1. The first-order valence-electron chi connectivity index (χ1n) is 10.3. The first kappa shape index (κ1) is 19.5. The zero-order chi connectivity index (χ0) is 21.9. The molecule has 31 heavy (non-hydrogen) atoms. The molecule has 4 aromatic rings. The number of benzene rings is 3. The van der Waals surface area contributed by atoms with Crippen LogP contribution in [-0.2, 0) is 7.05 Å². The summed E-state index contributed by atoms with van der Waals surface area (Å²) in [7, 11) is 8.26. The lowest BCUT2D eigenvalue weighted by atomic mass is 9.95. The van der Waals surface area contributed by atoms with Crippen LogP contribution in [0.15, 0.2) is 35.1 Å². The standard InChI is InChI=1S/C25H25NO5/c1-26-22-16(14-10-11-18(28-2)23(30-4)21(14)25(26)27)9-8-15-17(22)12-19(29-3)24(31-5)20(15)13-6-7-13/h8-13H,6-7H2,1-5H3. The van der Waals surface area contributed by atoms with Crippen molar-refractivity contribution in [2.75, 3.05) is 28.4 Å². The van der Waals surface area contributed by atoms with E-state index in [0.717, 1.165) is 45.7 Å². The predicted molar refractivity (Wildman–Crippen MR) is 122 cm³/mol. The average Bonchev–Trinajstić information content (AvgIpc) is 3.64. The SMILES string of the molecule is COc1cc2c(ccc3c4ccc(OC)c(OC)c4c(=O)n(C)c23)c(C2CC2)c1OC. The Labute approximate surface area is 179 Å². The molecular formula is C25H25NO5. The molecule has 0 bridgehead atoms. The van der Waals surface area contributed by atoms with Crippen LogP contribution in [0.3, 0.4) is 0 Å². The van der Waals surface area contributed by atoms with E-state index in [1.165, 1.54) is 5.56 Å². The third-order valence-electron chi connectivity index (χ3n) is 6.35. The van der Waals surface area contributed by atoms with Gasteiger partial charge in [0.1, 0.15) is 0 Å². The van der Waals surface area contributed by atoms with E-state index >= 15 is 0 Å². The molecule has 1 aliphatic carbocycles. The van der Waals surface area contributed by atoms with Crippen LogP contribution < -0.4 is 24.5 Å². The van der Waals surface area contributed by atoms with Gasteiger partial charge >= 0.3 is 0 Å². The highest BCUT2D eigenvalue weighted by Gasteiger charge is 2.31. The molecule has 1 aliphatic rings. The van der Waals surface area contributed by atoms with Crippen molar-refractivity contribution in [3.8, 4) is 23.0 Å². The monoisotopic (exact) mass is 419 g/mol. The number of hydrogen-bond donors (Lipinski definition) is 0. The summed E-state index contributed by atoms with van der Waals surface area (Å²) in [5, 5.41) is 4.40. The minimum absolute atomic E-state index is 0.131. The number of aryl methyl sites for hydroxylation is 1. The number of methoxy groups -OCH3 is 4. The summed E-state index contributed by atoms with van der Waals surface area (Å²) >= 11 is 0. The topological polar surface area (TPSA) is 58.9 Å². The minimum Gasteiger partial charge on any atom is -0.493 e. The second-order valence-corrected chi connectivity index (χ2v) is 7.94. The quantitative estimate of drug-likeness (QED) is 0.437. The van der Waals surface area contributed by atoms with Gasteiger partial charge in [-0.2, -0.15) is 0 Å². The Morgan fingerprint density at radius 3 is 2.03 bits per heavy atom. The van der Waals surface area contributed by atoms with Gasteiger partial charge in [0.2, 0.25) is 0 Å². The average molecular weight is 419 g/mol. The number of nitrogens with zero attached hydrogens (tertiary/aromatic N) is 1. The highest BCUT2D eigenvalue weighted by atomic mass is 16.5. The van der Waals surface area contributed by atoms with Gasteiger partial charge in [0.05, 0.1) is 39.3 Å². The molecule has 0 saturated heterocycles. The van der Waals surface area contributed by atoms with Crippen LogP contribution in [0.25, 0.3) is 32.4 Å². The molecule has 5 rings (SSSR count). The van der Waals surface area contributed by atoms with E-state index in [1.54, 1.807) is 40.1 Å². The summed E-state index contributed by atoms with van der Waals surface area (Å²) < 4.78 is 24.1. The van der Waals surface area contributed by atoms with E-state index in [1.807, 2.05) is 18.2 Å². The summed E-state index contributed by atoms with van der Waals surface area (Å²) in [4.78, 5) is 13.5. The summed E-state index contributed by atoms with van der Waals surface area (Å²) in [5.41, 5.74) is 1.90. The molecule has 1 saturated carbocycles. The zero-order valence-corrected chi connectivity index (χ0v) is 18.4. The van der Waals surface area contributed by atoms with Crippen LogP contribution in [0, 0.1) is 0 Å². The number of hydrogen-bond acceptors (Lipinski definition) is 5. The normalized spacial score (nSPS) is 13.7. The molecule has 0 unspecified atom stereocenters. The van der Waals surface area contributed by atoms with Crippen LogP contribution in [0.1, 0.15) is 24.3 Å². The fourth-order valence-corrected chi connectivity index (χ4v) is 4.79. The lowest BCUT2D eigenvalue weighted by Crippen LogP contribution is -2.18. The summed E-state index contributed by atoms with van der Waals surface area (Å²) in [5.74, 6) is 2.91. The van der Waals surface area contributed by atoms with Gasteiger partial charge in [-0.05, 0) is 42.3 Å². The maximum atomic E-state index is 13.5. The van der Waals surface area contributed by atoms with Crippen LogP contribution in [0.5, 0.6) is 23.0 Å². The Morgan fingerprint density at radius 1 is 0.774 bits per heavy atom. The summed E-state index contributed by atoms with van der Waals surface area (Å²) in [6, 6.07) is 9.97. The number of pyridine rings is 1. The molecular weight excluding hydrogens is 394 g/mol. The molecule has 0 spiro atoms. The molecule has 0 atom stereocenters. The molecule has 0 aliphatic heterocycles. The Morgan fingerprint density at radius 2 is 1.42 bits per heavy atom. The van der Waals surface area contributed by atoms with Crippen molar-refractivity contribution in [1.29, 1.82) is 0 Å². The van der Waals surface area contributed by atoms with E-state index in [-0.39, 0.29) is 5.56 Å². The van der Waals surface area contributed by atoms with Gasteiger partial charge < -0.3 is 23.5 Å². The summed E-state index contributed by atoms with van der Waals surface area (Å²) in [6.45, 7) is 0. The minimum atomic E-state index is -0.131. The molecule has 0 radical (unpaired) electrons. The molecule has 1 aromatic heterocycles. The molecule has 0 N–H and O–H groups in total. The third kappa shape index (κ3) is 2.67. The highest BCUT2D eigenvalue weighted by molar-refractivity contribution is 6.17. The Bertz CT molecular complexity index is 1420. The maximum Gasteiger partial charge on any atom is 0.262 e. The first-order chi connectivity index (χ1) is 15.0. The summed E-state index contributed by atoms with van der Waals surface area (Å²) in [6.07, 6.45) is 2.26. The highest BCUT2D eigenvalue weighted by Crippen LogP contribution is 2.52. The molecule has 160 valence electrons. The second kappa shape index (κ2) is 7.08. The van der Waals surface area contributed by atoms with Crippen molar-refractivity contribution in [3.05, 3.63) is 46.2 Å². The lowest BCUT2D eigenvalue weighted by Gasteiger charge is -2.19. The van der Waals surface area contributed by atoms with Gasteiger partial charge in [-0.25, -0.2) is 0 Å². The molecule has 6 heteroatoms. The largest absolute Gasteiger partial charge is 0.493 e. The first-order valence-corrected chi connectivity index (χ1v) is 10.3. The Balaban J connectivity index is 2.01. The van der Waals surface area contributed by atoms with Crippen molar-refractivity contribution >= 4 is 32.4 Å². The maximum absolute atomic E-state index is 13.5. The Hall–Kier alpha value is -3.41. The number of ether oxygens (including phenoxy) is 4. The van der Waals surface area contributed by atoms with Gasteiger partial charge in [0.15, 0.2) is 23.0 Å². The molecule has 0 amide bonds. The van der Waals surface area contributed by atoms with Gasteiger partial charge in [0.25, 0.3) is 5.56 Å². The van der Waals surface area contributed by atoms with Gasteiger partial charge in [0, 0.05) is 28.8 Å². The predicted octanol–water partition coefficient (Wildman–Crippen LogP) is 4.76.